The number of nitrogens with zero attached hydrogens (tertiary/aromatic N) is 1. The maximum absolute atomic E-state index is 6.07. The molecule has 0 bridgehead atoms. The van der Waals surface area contributed by atoms with Crippen LogP contribution in [0.2, 0.25) is 6.32 Å². The van der Waals surface area contributed by atoms with Crippen molar-refractivity contribution in [1.82, 2.24) is 4.90 Å². The van der Waals surface area contributed by atoms with E-state index in [4.69, 9.17) is 13.6 Å². The van der Waals surface area contributed by atoms with Crippen molar-refractivity contribution in [2.75, 3.05) is 19.6 Å². The first-order chi connectivity index (χ1) is 9.37. The van der Waals surface area contributed by atoms with Crippen molar-refractivity contribution in [2.45, 2.75) is 58.3 Å². The third kappa shape index (κ3) is 4.49. The summed E-state index contributed by atoms with van der Waals surface area (Å²) in [6.07, 6.45) is 7.96. The second kappa shape index (κ2) is 6.49. The van der Waals surface area contributed by atoms with Crippen LogP contribution in [0.4, 0.5) is 0 Å². The zero-order chi connectivity index (χ0) is 14.8. The smallest absolute Gasteiger partial charge is 0.0657 e. The molecule has 2 aliphatic rings. The predicted molar refractivity (Wildman–Crippen MR) is 88.0 cm³/mol. The SMILES string of the molecule is [B]CCC1=CC(C)=C(CC2CN(CC(C)(C)N)C2)CC1. The van der Waals surface area contributed by atoms with E-state index < -0.39 is 0 Å². The largest absolute Gasteiger partial charge is 0.324 e. The third-order valence-electron chi connectivity index (χ3n) is 4.39. The second-order valence-electron chi connectivity index (χ2n) is 7.38. The summed E-state index contributed by atoms with van der Waals surface area (Å²) in [5.74, 6) is 0.840. The van der Waals surface area contributed by atoms with Gasteiger partial charge in [-0.1, -0.05) is 29.1 Å². The number of hydrogen-bond acceptors (Lipinski definition) is 2. The van der Waals surface area contributed by atoms with Crippen LogP contribution >= 0.6 is 0 Å². The Morgan fingerprint density at radius 3 is 2.60 bits per heavy atom. The van der Waals surface area contributed by atoms with Gasteiger partial charge in [0.1, 0.15) is 0 Å². The third-order valence-corrected chi connectivity index (χ3v) is 4.39. The van der Waals surface area contributed by atoms with Crippen molar-refractivity contribution in [1.29, 1.82) is 0 Å². The first kappa shape index (κ1) is 15.8. The zero-order valence-corrected chi connectivity index (χ0v) is 13.4. The molecular formula is C17H29BN2. The Morgan fingerprint density at radius 1 is 1.35 bits per heavy atom. The number of hydrogen-bond donors (Lipinski definition) is 1. The molecule has 0 aromatic heterocycles. The van der Waals surface area contributed by atoms with E-state index in [2.05, 4.69) is 31.7 Å². The van der Waals surface area contributed by atoms with Crippen LogP contribution in [0.1, 0.15) is 46.5 Å². The Morgan fingerprint density at radius 2 is 2.05 bits per heavy atom. The molecule has 0 atom stereocenters. The van der Waals surface area contributed by atoms with Gasteiger partial charge < -0.3 is 10.6 Å². The maximum Gasteiger partial charge on any atom is 0.0657 e. The van der Waals surface area contributed by atoms with E-state index in [0.717, 1.165) is 25.2 Å². The van der Waals surface area contributed by atoms with E-state index in [1.807, 2.05) is 0 Å². The molecule has 1 aliphatic heterocycles. The predicted octanol–water partition coefficient (Wildman–Crippen LogP) is 3.06. The highest BCUT2D eigenvalue weighted by molar-refractivity contribution is 6.08. The van der Waals surface area contributed by atoms with Crippen molar-refractivity contribution in [3.8, 4) is 0 Å². The van der Waals surface area contributed by atoms with Crippen molar-refractivity contribution < 1.29 is 0 Å². The summed E-state index contributed by atoms with van der Waals surface area (Å²) in [5, 5.41) is 0. The van der Waals surface area contributed by atoms with Gasteiger partial charge in [-0.15, -0.1) is 0 Å². The lowest BCUT2D eigenvalue weighted by Gasteiger charge is -2.43. The molecule has 3 heteroatoms. The van der Waals surface area contributed by atoms with Crippen LogP contribution in [0.3, 0.4) is 0 Å². The molecule has 2 rings (SSSR count). The van der Waals surface area contributed by atoms with Crippen LogP contribution in [0.15, 0.2) is 22.8 Å². The van der Waals surface area contributed by atoms with Crippen LogP contribution in [-0.4, -0.2) is 37.9 Å². The minimum absolute atomic E-state index is 0.0646. The second-order valence-corrected chi connectivity index (χ2v) is 7.38. The normalized spacial score (nSPS) is 21.9. The van der Waals surface area contributed by atoms with E-state index in [0.29, 0.717) is 0 Å². The fraction of sp³-hybridized carbons (Fsp3) is 0.765. The molecule has 1 fully saturated rings. The fourth-order valence-corrected chi connectivity index (χ4v) is 3.49. The summed E-state index contributed by atoms with van der Waals surface area (Å²) in [5.41, 5.74) is 10.7. The molecule has 0 aromatic carbocycles. The number of likely N-dealkylation sites (tertiary alicyclic amines) is 1. The topological polar surface area (TPSA) is 29.3 Å². The molecule has 110 valence electrons. The van der Waals surface area contributed by atoms with E-state index in [1.54, 1.807) is 5.57 Å². The molecule has 1 aliphatic carbocycles. The number of allylic oxidation sites excluding steroid dienone is 4. The van der Waals surface area contributed by atoms with E-state index in [1.165, 1.54) is 43.5 Å². The lowest BCUT2D eigenvalue weighted by atomic mass is 9.82. The van der Waals surface area contributed by atoms with Gasteiger partial charge in [-0.25, -0.2) is 0 Å². The van der Waals surface area contributed by atoms with Gasteiger partial charge in [-0.2, -0.15) is 0 Å². The van der Waals surface area contributed by atoms with Gasteiger partial charge in [0, 0.05) is 25.2 Å². The molecule has 0 amide bonds. The summed E-state index contributed by atoms with van der Waals surface area (Å²) in [6.45, 7) is 9.94. The molecule has 2 N–H and O–H groups in total. The molecule has 2 nitrogen and oxygen atoms in total. The van der Waals surface area contributed by atoms with Gasteiger partial charge in [0.15, 0.2) is 0 Å². The van der Waals surface area contributed by atoms with Crippen molar-refractivity contribution in [3.05, 3.63) is 22.8 Å². The molecule has 0 aromatic rings. The van der Waals surface area contributed by atoms with Gasteiger partial charge in [0.2, 0.25) is 0 Å². The average Bonchev–Trinajstić information content (AvgIpc) is 2.28. The molecular weight excluding hydrogens is 243 g/mol. The minimum Gasteiger partial charge on any atom is -0.324 e. The minimum atomic E-state index is -0.0646. The highest BCUT2D eigenvalue weighted by Gasteiger charge is 2.30. The number of rotatable bonds is 6. The first-order valence-electron chi connectivity index (χ1n) is 7.97. The van der Waals surface area contributed by atoms with Gasteiger partial charge in [0.25, 0.3) is 0 Å². The molecule has 1 heterocycles. The lowest BCUT2D eigenvalue weighted by molar-refractivity contribution is 0.0796. The average molecular weight is 272 g/mol. The van der Waals surface area contributed by atoms with Crippen LogP contribution in [0.5, 0.6) is 0 Å². The maximum atomic E-state index is 6.07. The fourth-order valence-electron chi connectivity index (χ4n) is 3.49. The molecule has 1 saturated heterocycles. The Kier molecular flexibility index (Phi) is 5.14. The molecule has 2 radical (unpaired) electrons. The van der Waals surface area contributed by atoms with Gasteiger partial charge >= 0.3 is 0 Å². The molecule has 20 heavy (non-hydrogen) atoms. The zero-order valence-electron chi connectivity index (χ0n) is 13.4. The lowest BCUT2D eigenvalue weighted by Crippen LogP contribution is -2.54. The van der Waals surface area contributed by atoms with Crippen LogP contribution in [-0.2, 0) is 0 Å². The summed E-state index contributed by atoms with van der Waals surface area (Å²) in [4.78, 5) is 2.49. The quantitative estimate of drug-likeness (QED) is 0.753. The summed E-state index contributed by atoms with van der Waals surface area (Å²) < 4.78 is 0. The molecule has 0 spiro atoms. The Labute approximate surface area is 125 Å². The van der Waals surface area contributed by atoms with E-state index in [9.17, 15) is 0 Å². The van der Waals surface area contributed by atoms with Crippen LogP contribution in [0.25, 0.3) is 0 Å². The Bertz CT molecular complexity index is 398. The summed E-state index contributed by atoms with van der Waals surface area (Å²) >= 11 is 0. The monoisotopic (exact) mass is 272 g/mol. The van der Waals surface area contributed by atoms with Gasteiger partial charge in [-0.3, -0.25) is 0 Å². The van der Waals surface area contributed by atoms with Crippen molar-refractivity contribution in [2.24, 2.45) is 11.7 Å². The van der Waals surface area contributed by atoms with Gasteiger partial charge in [0.05, 0.1) is 7.85 Å². The number of nitrogens with two attached hydrogens (primary N) is 1. The molecule has 0 saturated carbocycles. The van der Waals surface area contributed by atoms with Gasteiger partial charge in [-0.05, 0) is 52.4 Å². The Balaban J connectivity index is 1.80. The Hall–Kier alpha value is -0.535. The van der Waals surface area contributed by atoms with Crippen molar-refractivity contribution in [3.63, 3.8) is 0 Å². The van der Waals surface area contributed by atoms with Crippen LogP contribution in [0, 0.1) is 5.92 Å². The summed E-state index contributed by atoms with van der Waals surface area (Å²) in [6, 6.07) is 0. The van der Waals surface area contributed by atoms with Crippen molar-refractivity contribution >= 4 is 7.85 Å². The van der Waals surface area contributed by atoms with E-state index >= 15 is 0 Å². The standard InChI is InChI=1S/C17H29BN2/c1-13-8-14(6-7-18)4-5-16(13)9-15-10-20(11-15)12-17(2,3)19/h8,15H,4-7,9-12,19H2,1-3H3. The molecule has 0 unspecified atom stereocenters. The first-order valence-corrected chi connectivity index (χ1v) is 7.97. The van der Waals surface area contributed by atoms with Crippen LogP contribution < -0.4 is 5.73 Å². The highest BCUT2D eigenvalue weighted by atomic mass is 15.2. The highest BCUT2D eigenvalue weighted by Crippen LogP contribution is 2.33. The van der Waals surface area contributed by atoms with E-state index in [-0.39, 0.29) is 5.54 Å². The summed E-state index contributed by atoms with van der Waals surface area (Å²) in [7, 11) is 5.64.